The molecule has 0 bridgehead atoms. The fourth-order valence-corrected chi connectivity index (χ4v) is 3.53. The van der Waals surface area contributed by atoms with Crippen LogP contribution in [0.5, 0.6) is 0 Å². The quantitative estimate of drug-likeness (QED) is 0.648. The van der Waals surface area contributed by atoms with Crippen LogP contribution in [0.4, 0.5) is 0 Å². The molecular weight excluding hydrogens is 278 g/mol. The van der Waals surface area contributed by atoms with E-state index >= 15 is 0 Å². The van der Waals surface area contributed by atoms with Gasteiger partial charge in [0.25, 0.3) is 0 Å². The maximum atomic E-state index is 4.53. The van der Waals surface area contributed by atoms with Crippen molar-refractivity contribution in [2.45, 2.75) is 44.1 Å². The van der Waals surface area contributed by atoms with Crippen LogP contribution >= 0.6 is 11.8 Å². The Kier molecular flexibility index (Phi) is 5.76. The van der Waals surface area contributed by atoms with Crippen LogP contribution in [-0.4, -0.2) is 21.8 Å². The fraction of sp³-hybridized carbons (Fsp3) is 0.412. The Labute approximate surface area is 131 Å². The maximum absolute atomic E-state index is 4.53. The monoisotopic (exact) mass is 301 g/mol. The average molecular weight is 301 g/mol. The molecule has 0 amide bonds. The number of nitrogens with zero attached hydrogens (tertiary/aromatic N) is 2. The molecule has 112 valence electrons. The molecule has 0 aliphatic heterocycles. The predicted octanol–water partition coefficient (Wildman–Crippen LogP) is 3.92. The van der Waals surface area contributed by atoms with Gasteiger partial charge < -0.3 is 5.32 Å². The Morgan fingerprint density at radius 1 is 1.10 bits per heavy atom. The Balaban J connectivity index is 2.17. The number of aryl methyl sites for hydroxylation is 2. The van der Waals surface area contributed by atoms with Gasteiger partial charge in [0.05, 0.1) is 0 Å². The number of rotatable bonds is 6. The molecule has 21 heavy (non-hydrogen) atoms. The van der Waals surface area contributed by atoms with Crippen molar-refractivity contribution in [3.05, 3.63) is 53.3 Å². The Morgan fingerprint density at radius 2 is 1.71 bits per heavy atom. The van der Waals surface area contributed by atoms with E-state index in [1.807, 2.05) is 19.9 Å². The molecule has 2 atom stereocenters. The summed E-state index contributed by atoms with van der Waals surface area (Å²) in [6, 6.07) is 12.9. The lowest BCUT2D eigenvalue weighted by atomic mass is 10.0. The molecule has 2 rings (SSSR count). The van der Waals surface area contributed by atoms with Gasteiger partial charge in [0.15, 0.2) is 5.16 Å². The van der Waals surface area contributed by atoms with Crippen LogP contribution in [0.2, 0.25) is 0 Å². The highest BCUT2D eigenvalue weighted by Gasteiger charge is 2.20. The SMILES string of the molecule is CCNC(c1ccccc1)C(C)Sc1nc(C)cc(C)n1. The summed E-state index contributed by atoms with van der Waals surface area (Å²) in [6.45, 7) is 9.34. The third-order valence-electron chi connectivity index (χ3n) is 3.31. The lowest BCUT2D eigenvalue weighted by molar-refractivity contribution is 0.547. The van der Waals surface area contributed by atoms with E-state index in [1.165, 1.54) is 5.56 Å². The van der Waals surface area contributed by atoms with Gasteiger partial charge in [-0.05, 0) is 32.0 Å². The van der Waals surface area contributed by atoms with E-state index in [4.69, 9.17) is 0 Å². The molecule has 0 saturated heterocycles. The lowest BCUT2D eigenvalue weighted by Crippen LogP contribution is -2.28. The zero-order chi connectivity index (χ0) is 15.2. The minimum absolute atomic E-state index is 0.297. The van der Waals surface area contributed by atoms with Gasteiger partial charge in [0.2, 0.25) is 0 Å². The summed E-state index contributed by atoms with van der Waals surface area (Å²) in [6.07, 6.45) is 0. The van der Waals surface area contributed by atoms with Gasteiger partial charge in [-0.15, -0.1) is 0 Å². The summed E-state index contributed by atoms with van der Waals surface area (Å²) >= 11 is 1.73. The molecule has 0 spiro atoms. The first-order valence-corrected chi connectivity index (χ1v) is 8.25. The number of thioether (sulfide) groups is 1. The summed E-state index contributed by atoms with van der Waals surface area (Å²) in [5.74, 6) is 0. The molecule has 1 aromatic heterocycles. The maximum Gasteiger partial charge on any atom is 0.188 e. The topological polar surface area (TPSA) is 37.8 Å². The number of nitrogens with one attached hydrogen (secondary N) is 1. The fourth-order valence-electron chi connectivity index (χ4n) is 2.42. The Hall–Kier alpha value is -1.39. The number of aromatic nitrogens is 2. The molecule has 0 aliphatic rings. The number of benzene rings is 1. The highest BCUT2D eigenvalue weighted by molar-refractivity contribution is 7.99. The third-order valence-corrected chi connectivity index (χ3v) is 4.34. The second-order valence-electron chi connectivity index (χ2n) is 5.20. The standard InChI is InChI=1S/C17H23N3S/c1-5-18-16(15-9-7-6-8-10-15)14(4)21-17-19-12(2)11-13(3)20-17/h6-11,14,16,18H,5H2,1-4H3. The molecule has 1 heterocycles. The third kappa shape index (κ3) is 4.55. The van der Waals surface area contributed by atoms with Crippen molar-refractivity contribution >= 4 is 11.8 Å². The number of hydrogen-bond donors (Lipinski definition) is 1. The largest absolute Gasteiger partial charge is 0.309 e. The predicted molar refractivity (Wildman–Crippen MR) is 89.7 cm³/mol. The molecule has 1 N–H and O–H groups in total. The van der Waals surface area contributed by atoms with E-state index in [0.717, 1.165) is 23.1 Å². The summed E-state index contributed by atoms with van der Waals surface area (Å²) in [5.41, 5.74) is 3.36. The first-order valence-electron chi connectivity index (χ1n) is 7.37. The Bertz CT molecular complexity index is 551. The average Bonchev–Trinajstić information content (AvgIpc) is 2.44. The van der Waals surface area contributed by atoms with Crippen LogP contribution in [0.25, 0.3) is 0 Å². The van der Waals surface area contributed by atoms with Crippen molar-refractivity contribution in [3.63, 3.8) is 0 Å². The van der Waals surface area contributed by atoms with Gasteiger partial charge in [-0.3, -0.25) is 0 Å². The molecule has 2 unspecified atom stereocenters. The second kappa shape index (κ2) is 7.57. The minimum Gasteiger partial charge on any atom is -0.309 e. The van der Waals surface area contributed by atoms with E-state index in [-0.39, 0.29) is 0 Å². The van der Waals surface area contributed by atoms with E-state index in [2.05, 4.69) is 59.5 Å². The summed E-state index contributed by atoms with van der Waals surface area (Å²) in [4.78, 5) is 9.07. The van der Waals surface area contributed by atoms with Crippen molar-refractivity contribution in [3.8, 4) is 0 Å². The molecule has 0 fully saturated rings. The second-order valence-corrected chi connectivity index (χ2v) is 6.55. The zero-order valence-electron chi connectivity index (χ0n) is 13.1. The zero-order valence-corrected chi connectivity index (χ0v) is 13.9. The van der Waals surface area contributed by atoms with Gasteiger partial charge in [-0.25, -0.2) is 9.97 Å². The van der Waals surface area contributed by atoms with Gasteiger partial charge in [-0.1, -0.05) is 55.9 Å². The minimum atomic E-state index is 0.297. The van der Waals surface area contributed by atoms with E-state index in [0.29, 0.717) is 11.3 Å². The van der Waals surface area contributed by atoms with E-state index in [1.54, 1.807) is 11.8 Å². The highest BCUT2D eigenvalue weighted by Crippen LogP contribution is 2.30. The van der Waals surface area contributed by atoms with Crippen molar-refractivity contribution in [1.29, 1.82) is 0 Å². The van der Waals surface area contributed by atoms with Crippen LogP contribution in [-0.2, 0) is 0 Å². The molecule has 0 saturated carbocycles. The smallest absolute Gasteiger partial charge is 0.188 e. The molecule has 4 heteroatoms. The summed E-state index contributed by atoms with van der Waals surface area (Å²) in [7, 11) is 0. The van der Waals surface area contributed by atoms with Gasteiger partial charge in [0.1, 0.15) is 0 Å². The number of hydrogen-bond acceptors (Lipinski definition) is 4. The van der Waals surface area contributed by atoms with E-state index in [9.17, 15) is 0 Å². The highest BCUT2D eigenvalue weighted by atomic mass is 32.2. The summed E-state index contributed by atoms with van der Waals surface area (Å²) in [5, 5.41) is 4.79. The first kappa shape index (κ1) is 16.0. The molecule has 2 aromatic rings. The van der Waals surface area contributed by atoms with Crippen LogP contribution < -0.4 is 5.32 Å². The normalized spacial score (nSPS) is 13.9. The van der Waals surface area contributed by atoms with Crippen molar-refractivity contribution in [2.75, 3.05) is 6.54 Å². The molecule has 3 nitrogen and oxygen atoms in total. The molecule has 0 aliphatic carbocycles. The van der Waals surface area contributed by atoms with E-state index < -0.39 is 0 Å². The van der Waals surface area contributed by atoms with Gasteiger partial charge >= 0.3 is 0 Å². The van der Waals surface area contributed by atoms with Crippen molar-refractivity contribution < 1.29 is 0 Å². The van der Waals surface area contributed by atoms with Crippen LogP contribution in [0, 0.1) is 13.8 Å². The molecular formula is C17H23N3S. The molecule has 1 aromatic carbocycles. The first-order chi connectivity index (χ1) is 10.1. The van der Waals surface area contributed by atoms with Crippen molar-refractivity contribution in [1.82, 2.24) is 15.3 Å². The van der Waals surface area contributed by atoms with Crippen LogP contribution in [0.1, 0.15) is 36.8 Å². The van der Waals surface area contributed by atoms with Crippen LogP contribution in [0.15, 0.2) is 41.6 Å². The Morgan fingerprint density at radius 3 is 2.29 bits per heavy atom. The summed E-state index contributed by atoms with van der Waals surface area (Å²) < 4.78 is 0. The molecule has 0 radical (unpaired) electrons. The van der Waals surface area contributed by atoms with Gasteiger partial charge in [-0.2, -0.15) is 0 Å². The van der Waals surface area contributed by atoms with Crippen LogP contribution in [0.3, 0.4) is 0 Å². The van der Waals surface area contributed by atoms with Gasteiger partial charge in [0, 0.05) is 22.7 Å². The van der Waals surface area contributed by atoms with Crippen molar-refractivity contribution in [2.24, 2.45) is 0 Å². The lowest BCUT2D eigenvalue weighted by Gasteiger charge is -2.24.